The maximum absolute atomic E-state index is 5.76. The summed E-state index contributed by atoms with van der Waals surface area (Å²) in [5.74, 6) is 2.08. The Labute approximate surface area is 136 Å². The van der Waals surface area contributed by atoms with Crippen LogP contribution in [0.5, 0.6) is 0 Å². The van der Waals surface area contributed by atoms with Crippen LogP contribution in [0, 0.1) is 6.92 Å². The Morgan fingerprint density at radius 1 is 1.00 bits per heavy atom. The van der Waals surface area contributed by atoms with E-state index in [9.17, 15) is 0 Å². The second-order valence-electron chi connectivity index (χ2n) is 4.98. The molecule has 3 aromatic heterocycles. The first-order chi connectivity index (χ1) is 11.3. The van der Waals surface area contributed by atoms with Crippen molar-refractivity contribution in [3.8, 4) is 11.5 Å². The Morgan fingerprint density at radius 3 is 2.70 bits per heavy atom. The fraction of sp³-hybridized carbons (Fsp3) is 0.118. The zero-order valence-electron chi connectivity index (χ0n) is 12.4. The van der Waals surface area contributed by atoms with Crippen molar-refractivity contribution in [3.63, 3.8) is 0 Å². The van der Waals surface area contributed by atoms with Crippen molar-refractivity contribution in [3.05, 3.63) is 60.1 Å². The third-order valence-corrected chi connectivity index (χ3v) is 4.23. The van der Waals surface area contributed by atoms with E-state index in [1.807, 2.05) is 49.4 Å². The number of rotatable bonds is 4. The van der Waals surface area contributed by atoms with E-state index in [4.69, 9.17) is 8.83 Å². The zero-order valence-corrected chi connectivity index (χ0v) is 13.2. The molecule has 23 heavy (non-hydrogen) atoms. The molecule has 3 heterocycles. The Hall–Kier alpha value is -2.60. The topological polar surface area (TPSA) is 65.0 Å². The average Bonchev–Trinajstić information content (AvgIpc) is 3.16. The molecule has 1 aromatic carbocycles. The molecule has 0 radical (unpaired) electrons. The summed E-state index contributed by atoms with van der Waals surface area (Å²) in [5.41, 5.74) is 3.18. The maximum Gasteiger partial charge on any atom is 0.258 e. The van der Waals surface area contributed by atoms with E-state index < -0.39 is 0 Å². The van der Waals surface area contributed by atoms with Gasteiger partial charge in [0.1, 0.15) is 5.76 Å². The lowest BCUT2D eigenvalue weighted by atomic mass is 10.2. The molecule has 0 saturated heterocycles. The number of aryl methyl sites for hydroxylation is 1. The molecule has 0 aliphatic carbocycles. The predicted octanol–water partition coefficient (Wildman–Crippen LogP) is 4.48. The number of nitrogens with zero attached hydrogens (tertiary/aromatic N) is 3. The van der Waals surface area contributed by atoms with Crippen LogP contribution in [0.15, 0.2) is 62.7 Å². The lowest BCUT2D eigenvalue weighted by Crippen LogP contribution is -1.84. The monoisotopic (exact) mass is 323 g/mol. The van der Waals surface area contributed by atoms with Crippen LogP contribution in [0.25, 0.3) is 22.7 Å². The minimum absolute atomic E-state index is 0.586. The summed E-state index contributed by atoms with van der Waals surface area (Å²) < 4.78 is 11.4. The summed E-state index contributed by atoms with van der Waals surface area (Å²) in [7, 11) is 0. The van der Waals surface area contributed by atoms with Gasteiger partial charge in [0.2, 0.25) is 5.89 Å². The number of hydrogen-bond acceptors (Lipinski definition) is 6. The second-order valence-corrected chi connectivity index (χ2v) is 5.91. The van der Waals surface area contributed by atoms with Gasteiger partial charge >= 0.3 is 0 Å². The molecule has 6 heteroatoms. The number of hydrogen-bond donors (Lipinski definition) is 0. The van der Waals surface area contributed by atoms with Gasteiger partial charge in [0.05, 0.1) is 5.69 Å². The number of aromatic nitrogens is 3. The van der Waals surface area contributed by atoms with Gasteiger partial charge in [0, 0.05) is 17.5 Å². The first kappa shape index (κ1) is 14.0. The van der Waals surface area contributed by atoms with Crippen LogP contribution in [0.4, 0.5) is 0 Å². The van der Waals surface area contributed by atoms with Crippen molar-refractivity contribution < 1.29 is 8.83 Å². The van der Waals surface area contributed by atoms with Gasteiger partial charge in [-0.05, 0) is 31.2 Å². The van der Waals surface area contributed by atoms with Gasteiger partial charge in [-0.3, -0.25) is 0 Å². The van der Waals surface area contributed by atoms with Crippen LogP contribution >= 0.6 is 11.8 Å². The van der Waals surface area contributed by atoms with Crippen molar-refractivity contribution in [1.29, 1.82) is 0 Å². The number of pyridine rings is 1. The molecular weight excluding hydrogens is 310 g/mol. The van der Waals surface area contributed by atoms with E-state index in [1.54, 1.807) is 6.20 Å². The Bertz CT molecular complexity index is 914. The van der Waals surface area contributed by atoms with Crippen molar-refractivity contribution in [2.45, 2.75) is 17.9 Å². The Balaban J connectivity index is 1.54. The molecule has 4 aromatic rings. The van der Waals surface area contributed by atoms with Gasteiger partial charge in [-0.15, -0.1) is 0 Å². The van der Waals surface area contributed by atoms with E-state index in [2.05, 4.69) is 15.0 Å². The van der Waals surface area contributed by atoms with Crippen LogP contribution < -0.4 is 0 Å². The molecule has 0 amide bonds. The van der Waals surface area contributed by atoms with Crippen LogP contribution in [-0.4, -0.2) is 15.0 Å². The van der Waals surface area contributed by atoms with E-state index in [0.717, 1.165) is 17.0 Å². The van der Waals surface area contributed by atoms with Crippen molar-refractivity contribution in [2.75, 3.05) is 0 Å². The number of benzene rings is 1. The van der Waals surface area contributed by atoms with Crippen molar-refractivity contribution in [1.82, 2.24) is 15.0 Å². The van der Waals surface area contributed by atoms with Gasteiger partial charge in [-0.25, -0.2) is 9.97 Å². The third-order valence-electron chi connectivity index (χ3n) is 3.39. The maximum atomic E-state index is 5.76. The van der Waals surface area contributed by atoms with Gasteiger partial charge in [-0.2, -0.15) is 4.98 Å². The molecule has 0 aliphatic heterocycles. The molecule has 0 spiro atoms. The summed E-state index contributed by atoms with van der Waals surface area (Å²) in [6.07, 6.45) is 1.70. The second kappa shape index (κ2) is 5.89. The third kappa shape index (κ3) is 2.85. The largest absolute Gasteiger partial charge is 0.441 e. The lowest BCUT2D eigenvalue weighted by molar-refractivity contribution is 0.489. The Morgan fingerprint density at radius 2 is 1.87 bits per heavy atom. The van der Waals surface area contributed by atoms with Crippen molar-refractivity contribution >= 4 is 23.0 Å². The van der Waals surface area contributed by atoms with E-state index in [1.165, 1.54) is 11.8 Å². The van der Waals surface area contributed by atoms with Crippen LogP contribution in [0.1, 0.15) is 11.5 Å². The average molecular weight is 323 g/mol. The molecule has 114 valence electrons. The van der Waals surface area contributed by atoms with E-state index >= 15 is 0 Å². The zero-order chi connectivity index (χ0) is 15.6. The summed E-state index contributed by atoms with van der Waals surface area (Å²) in [6.45, 7) is 1.92. The fourth-order valence-electron chi connectivity index (χ4n) is 2.21. The van der Waals surface area contributed by atoms with Crippen LogP contribution in [0.3, 0.4) is 0 Å². The Kier molecular flexibility index (Phi) is 3.59. The first-order valence-electron chi connectivity index (χ1n) is 7.16. The molecular formula is C17H13N3O2S. The van der Waals surface area contributed by atoms with Gasteiger partial charge in [0.25, 0.3) is 5.22 Å². The van der Waals surface area contributed by atoms with Crippen LogP contribution in [0.2, 0.25) is 0 Å². The SMILES string of the molecule is Cc1oc(-c2ccccc2)nc1CSc1nc2ncccc2o1. The highest BCUT2D eigenvalue weighted by molar-refractivity contribution is 7.98. The molecule has 5 nitrogen and oxygen atoms in total. The highest BCUT2D eigenvalue weighted by Gasteiger charge is 2.13. The van der Waals surface area contributed by atoms with Gasteiger partial charge in [0.15, 0.2) is 11.2 Å². The summed E-state index contributed by atoms with van der Waals surface area (Å²) >= 11 is 1.48. The molecule has 0 atom stereocenters. The summed E-state index contributed by atoms with van der Waals surface area (Å²) in [4.78, 5) is 13.1. The summed E-state index contributed by atoms with van der Waals surface area (Å²) in [5, 5.41) is 0.586. The van der Waals surface area contributed by atoms with E-state index in [0.29, 0.717) is 28.1 Å². The number of fused-ring (bicyclic) bond motifs is 1. The highest BCUT2D eigenvalue weighted by atomic mass is 32.2. The van der Waals surface area contributed by atoms with E-state index in [-0.39, 0.29) is 0 Å². The fourth-order valence-corrected chi connectivity index (χ4v) is 3.03. The molecule has 0 aliphatic rings. The highest BCUT2D eigenvalue weighted by Crippen LogP contribution is 2.28. The number of oxazole rings is 2. The molecule has 4 rings (SSSR count). The molecule has 0 bridgehead atoms. The standard InChI is InChI=1S/C17H13N3O2S/c1-11-13(19-16(21-11)12-6-3-2-4-7-12)10-23-17-20-15-14(22-17)8-5-9-18-15/h2-9H,10H2,1H3. The molecule has 0 fully saturated rings. The molecule has 0 unspecified atom stereocenters. The minimum atomic E-state index is 0.586. The minimum Gasteiger partial charge on any atom is -0.441 e. The number of thioether (sulfide) groups is 1. The quantitative estimate of drug-likeness (QED) is 0.516. The molecule has 0 N–H and O–H groups in total. The molecule has 0 saturated carbocycles. The lowest BCUT2D eigenvalue weighted by Gasteiger charge is -1.93. The van der Waals surface area contributed by atoms with Crippen molar-refractivity contribution in [2.24, 2.45) is 0 Å². The predicted molar refractivity (Wildman–Crippen MR) is 88.0 cm³/mol. The normalized spacial score (nSPS) is 11.2. The van der Waals surface area contributed by atoms with Gasteiger partial charge < -0.3 is 8.83 Å². The smallest absolute Gasteiger partial charge is 0.258 e. The van der Waals surface area contributed by atoms with Crippen LogP contribution in [-0.2, 0) is 5.75 Å². The van der Waals surface area contributed by atoms with Gasteiger partial charge in [-0.1, -0.05) is 30.0 Å². The summed E-state index contributed by atoms with van der Waals surface area (Å²) in [6, 6.07) is 13.5. The first-order valence-corrected chi connectivity index (χ1v) is 8.14.